The second kappa shape index (κ2) is 9.61. The third-order valence-electron chi connectivity index (χ3n) is 5.79. The molecule has 0 aromatic heterocycles. The maximum absolute atomic E-state index is 13.1. The molecule has 6 heteroatoms. The van der Waals surface area contributed by atoms with Crippen molar-refractivity contribution in [2.24, 2.45) is 0 Å². The maximum Gasteiger partial charge on any atom is 0.295 e. The van der Waals surface area contributed by atoms with Gasteiger partial charge in [-0.25, -0.2) is 0 Å². The summed E-state index contributed by atoms with van der Waals surface area (Å²) in [5.41, 5.74) is 2.24. The summed E-state index contributed by atoms with van der Waals surface area (Å²) in [4.78, 5) is 27.8. The Labute approximate surface area is 192 Å². The summed E-state index contributed by atoms with van der Waals surface area (Å²) in [5, 5.41) is 11.1. The van der Waals surface area contributed by atoms with Gasteiger partial charge in [0.1, 0.15) is 5.76 Å². The topological polar surface area (TPSA) is 76.1 Å². The maximum atomic E-state index is 13.1. The molecule has 1 unspecified atom stereocenters. The average Bonchev–Trinajstić information content (AvgIpc) is 3.12. The molecule has 1 aliphatic rings. The molecule has 3 aromatic carbocycles. The van der Waals surface area contributed by atoms with Crippen molar-refractivity contribution in [1.29, 1.82) is 0 Å². The molecular weight excluding hydrogens is 418 g/mol. The van der Waals surface area contributed by atoms with Gasteiger partial charge in [-0.05, 0) is 29.7 Å². The van der Waals surface area contributed by atoms with Crippen LogP contribution >= 0.6 is 0 Å². The summed E-state index contributed by atoms with van der Waals surface area (Å²) in [7, 11) is 3.07. The largest absolute Gasteiger partial charge is 0.507 e. The molecule has 168 valence electrons. The standard InChI is InChI=1S/C27H25NO5/c1-32-21-14-13-20(17-22(21)33-2)24-23(25(29)19-11-7-4-8-12-19)26(30)27(31)28(24)16-15-18-9-5-3-6-10-18/h3-14,17,24,29H,15-16H2,1-2H3. The Hall–Kier alpha value is -4.06. The molecule has 0 radical (unpaired) electrons. The van der Waals surface area contributed by atoms with Crippen LogP contribution in [0.4, 0.5) is 0 Å². The number of ether oxygens (including phenoxy) is 2. The molecule has 3 aromatic rings. The highest BCUT2D eigenvalue weighted by Gasteiger charge is 2.46. The fraction of sp³-hybridized carbons (Fsp3) is 0.185. The van der Waals surface area contributed by atoms with Crippen molar-refractivity contribution in [2.75, 3.05) is 20.8 Å². The molecule has 6 nitrogen and oxygen atoms in total. The molecule has 4 rings (SSSR count). The number of likely N-dealkylation sites (tertiary alicyclic amines) is 1. The second-order valence-corrected chi connectivity index (χ2v) is 7.71. The zero-order chi connectivity index (χ0) is 23.4. The Balaban J connectivity index is 1.82. The van der Waals surface area contributed by atoms with Crippen LogP contribution in [-0.2, 0) is 16.0 Å². The summed E-state index contributed by atoms with van der Waals surface area (Å²) in [5.74, 6) is -0.530. The number of nitrogens with zero attached hydrogens (tertiary/aromatic N) is 1. The van der Waals surface area contributed by atoms with Crippen LogP contribution in [0, 0.1) is 0 Å². The molecule has 1 fully saturated rings. The smallest absolute Gasteiger partial charge is 0.295 e. The summed E-state index contributed by atoms with van der Waals surface area (Å²) in [6, 6.07) is 23.0. The predicted molar refractivity (Wildman–Crippen MR) is 125 cm³/mol. The van der Waals surface area contributed by atoms with E-state index in [9.17, 15) is 14.7 Å². The lowest BCUT2D eigenvalue weighted by Crippen LogP contribution is -2.31. The van der Waals surface area contributed by atoms with Gasteiger partial charge in [-0.15, -0.1) is 0 Å². The van der Waals surface area contributed by atoms with E-state index in [4.69, 9.17) is 9.47 Å². The van der Waals surface area contributed by atoms with Crippen molar-refractivity contribution >= 4 is 17.4 Å². The molecular formula is C27H25NO5. The van der Waals surface area contributed by atoms with E-state index in [2.05, 4.69) is 0 Å². The van der Waals surface area contributed by atoms with Crippen molar-refractivity contribution in [1.82, 2.24) is 4.90 Å². The van der Waals surface area contributed by atoms with Crippen LogP contribution in [0.3, 0.4) is 0 Å². The molecule has 0 spiro atoms. The van der Waals surface area contributed by atoms with Crippen LogP contribution in [0.15, 0.2) is 84.4 Å². The van der Waals surface area contributed by atoms with E-state index in [1.165, 1.54) is 12.0 Å². The normalized spacial score (nSPS) is 17.3. The van der Waals surface area contributed by atoms with E-state index in [0.717, 1.165) is 5.56 Å². The first kappa shape index (κ1) is 22.1. The third kappa shape index (κ3) is 4.32. The van der Waals surface area contributed by atoms with E-state index in [-0.39, 0.29) is 11.3 Å². The van der Waals surface area contributed by atoms with Gasteiger partial charge < -0.3 is 19.5 Å². The number of aliphatic hydroxyl groups excluding tert-OH is 1. The number of hydrogen-bond acceptors (Lipinski definition) is 5. The monoisotopic (exact) mass is 443 g/mol. The van der Waals surface area contributed by atoms with Crippen molar-refractivity contribution < 1.29 is 24.2 Å². The summed E-state index contributed by atoms with van der Waals surface area (Å²) >= 11 is 0. The number of methoxy groups -OCH3 is 2. The summed E-state index contributed by atoms with van der Waals surface area (Å²) < 4.78 is 10.8. The van der Waals surface area contributed by atoms with Gasteiger partial charge in [0.05, 0.1) is 25.8 Å². The van der Waals surface area contributed by atoms with Gasteiger partial charge in [-0.1, -0.05) is 66.7 Å². The Morgan fingerprint density at radius 1 is 0.879 bits per heavy atom. The van der Waals surface area contributed by atoms with Gasteiger partial charge in [0.15, 0.2) is 11.5 Å². The predicted octanol–water partition coefficient (Wildman–Crippen LogP) is 4.37. The molecule has 1 heterocycles. The fourth-order valence-electron chi connectivity index (χ4n) is 4.13. The Morgan fingerprint density at radius 3 is 2.15 bits per heavy atom. The molecule has 0 aliphatic carbocycles. The number of carbonyl (C=O) groups excluding carboxylic acids is 2. The number of ketones is 1. The molecule has 1 N–H and O–H groups in total. The highest BCUT2D eigenvalue weighted by atomic mass is 16.5. The summed E-state index contributed by atoms with van der Waals surface area (Å²) in [6.07, 6.45) is 0.572. The van der Waals surface area contributed by atoms with Crippen molar-refractivity contribution in [2.45, 2.75) is 12.5 Å². The number of Topliss-reactive ketones (excluding diaryl/α,β-unsaturated/α-hetero) is 1. The van der Waals surface area contributed by atoms with Gasteiger partial charge in [0.2, 0.25) is 0 Å². The Bertz CT molecular complexity index is 1190. The minimum absolute atomic E-state index is 0.0616. The Kier molecular flexibility index (Phi) is 6.45. The molecule has 1 atom stereocenters. The number of benzene rings is 3. The van der Waals surface area contributed by atoms with Gasteiger partial charge in [-0.3, -0.25) is 9.59 Å². The van der Waals surface area contributed by atoms with Crippen LogP contribution in [0.5, 0.6) is 11.5 Å². The SMILES string of the molecule is COc1ccc(C2C(=C(O)c3ccccc3)C(=O)C(=O)N2CCc2ccccc2)cc1OC. The lowest BCUT2D eigenvalue weighted by atomic mass is 9.95. The second-order valence-electron chi connectivity index (χ2n) is 7.71. The van der Waals surface area contributed by atoms with Gasteiger partial charge in [-0.2, -0.15) is 0 Å². The highest BCUT2D eigenvalue weighted by molar-refractivity contribution is 6.46. The molecule has 0 bridgehead atoms. The summed E-state index contributed by atoms with van der Waals surface area (Å²) in [6.45, 7) is 0.319. The average molecular weight is 443 g/mol. The van der Waals surface area contributed by atoms with Crippen LogP contribution in [-0.4, -0.2) is 42.5 Å². The quantitative estimate of drug-likeness (QED) is 0.333. The van der Waals surface area contributed by atoms with Crippen LogP contribution in [0.25, 0.3) is 5.76 Å². The van der Waals surface area contributed by atoms with Crippen molar-refractivity contribution in [3.8, 4) is 11.5 Å². The molecule has 33 heavy (non-hydrogen) atoms. The zero-order valence-corrected chi connectivity index (χ0v) is 18.5. The van der Waals surface area contributed by atoms with Gasteiger partial charge in [0.25, 0.3) is 11.7 Å². The fourth-order valence-corrected chi connectivity index (χ4v) is 4.13. The van der Waals surface area contributed by atoms with E-state index in [1.54, 1.807) is 49.6 Å². The number of aliphatic hydroxyl groups is 1. The first-order valence-electron chi connectivity index (χ1n) is 10.6. The van der Waals surface area contributed by atoms with Crippen LogP contribution < -0.4 is 9.47 Å². The third-order valence-corrected chi connectivity index (χ3v) is 5.79. The number of hydrogen-bond donors (Lipinski definition) is 1. The lowest BCUT2D eigenvalue weighted by molar-refractivity contribution is -0.139. The van der Waals surface area contributed by atoms with Gasteiger partial charge >= 0.3 is 0 Å². The van der Waals surface area contributed by atoms with E-state index in [1.807, 2.05) is 36.4 Å². The lowest BCUT2D eigenvalue weighted by Gasteiger charge is -2.26. The minimum Gasteiger partial charge on any atom is -0.507 e. The van der Waals surface area contributed by atoms with Crippen molar-refractivity contribution in [3.63, 3.8) is 0 Å². The van der Waals surface area contributed by atoms with E-state index >= 15 is 0 Å². The highest BCUT2D eigenvalue weighted by Crippen LogP contribution is 2.41. The molecule has 1 aliphatic heterocycles. The molecule has 1 amide bonds. The minimum atomic E-state index is -0.756. The molecule has 1 saturated heterocycles. The van der Waals surface area contributed by atoms with E-state index in [0.29, 0.717) is 35.6 Å². The zero-order valence-electron chi connectivity index (χ0n) is 18.5. The number of rotatable bonds is 7. The Morgan fingerprint density at radius 2 is 1.52 bits per heavy atom. The first-order chi connectivity index (χ1) is 16.0. The number of carbonyl (C=O) groups is 2. The van der Waals surface area contributed by atoms with Crippen molar-refractivity contribution in [3.05, 3.63) is 101 Å². The molecule has 0 saturated carbocycles. The van der Waals surface area contributed by atoms with Gasteiger partial charge in [0, 0.05) is 12.1 Å². The van der Waals surface area contributed by atoms with E-state index < -0.39 is 17.7 Å². The first-order valence-corrected chi connectivity index (χ1v) is 10.6. The van der Waals surface area contributed by atoms with Crippen LogP contribution in [0.1, 0.15) is 22.7 Å². The van der Waals surface area contributed by atoms with Crippen LogP contribution in [0.2, 0.25) is 0 Å². The number of amides is 1.